The molecule has 0 aromatic carbocycles. The molecule has 0 aliphatic carbocycles. The van der Waals surface area contributed by atoms with Crippen molar-refractivity contribution in [2.45, 2.75) is 26.3 Å². The van der Waals surface area contributed by atoms with Crippen LogP contribution in [0.2, 0.25) is 0 Å². The van der Waals surface area contributed by atoms with Crippen LogP contribution in [-0.2, 0) is 0 Å². The standard InChI is InChI=1S/C11H13N5O3/c1-3-8(10-13-7(2)19-15-10)14-11-9(16(17)18)5-4-6-12-11/h4-6,8H,3H2,1-2H3,(H,12,14). The van der Waals surface area contributed by atoms with Crippen LogP contribution >= 0.6 is 0 Å². The maximum absolute atomic E-state index is 10.9. The summed E-state index contributed by atoms with van der Waals surface area (Å²) in [5.41, 5.74) is -0.0823. The molecule has 1 unspecified atom stereocenters. The number of hydrogen-bond donors (Lipinski definition) is 1. The Labute approximate surface area is 109 Å². The lowest BCUT2D eigenvalue weighted by Crippen LogP contribution is -2.13. The number of nitrogens with one attached hydrogen (secondary N) is 1. The lowest BCUT2D eigenvalue weighted by atomic mass is 10.2. The van der Waals surface area contributed by atoms with Crippen molar-refractivity contribution >= 4 is 11.5 Å². The Morgan fingerprint density at radius 1 is 1.58 bits per heavy atom. The van der Waals surface area contributed by atoms with Crippen LogP contribution in [0.15, 0.2) is 22.9 Å². The summed E-state index contributed by atoms with van der Waals surface area (Å²) in [6.07, 6.45) is 2.14. The van der Waals surface area contributed by atoms with E-state index in [2.05, 4.69) is 20.4 Å². The second kappa shape index (κ2) is 5.42. The Kier molecular flexibility index (Phi) is 3.69. The van der Waals surface area contributed by atoms with Crippen molar-refractivity contribution in [2.75, 3.05) is 5.32 Å². The van der Waals surface area contributed by atoms with Crippen molar-refractivity contribution in [1.29, 1.82) is 0 Å². The second-order valence-electron chi connectivity index (χ2n) is 3.91. The Morgan fingerprint density at radius 2 is 2.37 bits per heavy atom. The average molecular weight is 263 g/mol. The van der Waals surface area contributed by atoms with Crippen LogP contribution in [0.1, 0.15) is 31.1 Å². The third-order valence-corrected chi connectivity index (χ3v) is 2.56. The zero-order valence-electron chi connectivity index (χ0n) is 10.5. The van der Waals surface area contributed by atoms with E-state index >= 15 is 0 Å². The smallest absolute Gasteiger partial charge is 0.311 e. The average Bonchev–Trinajstić information content (AvgIpc) is 2.82. The number of aryl methyl sites for hydroxylation is 1. The zero-order chi connectivity index (χ0) is 13.8. The molecule has 2 heterocycles. The van der Waals surface area contributed by atoms with Gasteiger partial charge in [-0.1, -0.05) is 12.1 Å². The second-order valence-corrected chi connectivity index (χ2v) is 3.91. The van der Waals surface area contributed by atoms with Gasteiger partial charge < -0.3 is 9.84 Å². The fourth-order valence-electron chi connectivity index (χ4n) is 1.63. The van der Waals surface area contributed by atoms with Gasteiger partial charge in [0.25, 0.3) is 0 Å². The molecule has 8 heteroatoms. The summed E-state index contributed by atoms with van der Waals surface area (Å²) >= 11 is 0. The van der Waals surface area contributed by atoms with E-state index in [0.717, 1.165) is 0 Å². The van der Waals surface area contributed by atoms with Crippen molar-refractivity contribution in [3.63, 3.8) is 0 Å². The third kappa shape index (κ3) is 2.84. The molecule has 2 rings (SSSR count). The van der Waals surface area contributed by atoms with Gasteiger partial charge in [0, 0.05) is 19.2 Å². The van der Waals surface area contributed by atoms with E-state index in [9.17, 15) is 10.1 Å². The SMILES string of the molecule is CCC(Nc1ncccc1[N+](=O)[O-])c1noc(C)n1. The normalized spacial score (nSPS) is 12.1. The molecule has 0 saturated heterocycles. The van der Waals surface area contributed by atoms with E-state index in [1.807, 2.05) is 6.92 Å². The molecule has 2 aromatic heterocycles. The molecule has 0 saturated carbocycles. The molecular formula is C11H13N5O3. The highest BCUT2D eigenvalue weighted by atomic mass is 16.6. The first-order valence-corrected chi connectivity index (χ1v) is 5.78. The number of nitrogens with zero attached hydrogens (tertiary/aromatic N) is 4. The summed E-state index contributed by atoms with van der Waals surface area (Å²) in [4.78, 5) is 18.5. The van der Waals surface area contributed by atoms with E-state index in [1.165, 1.54) is 18.3 Å². The van der Waals surface area contributed by atoms with Crippen LogP contribution < -0.4 is 5.32 Å². The van der Waals surface area contributed by atoms with Crippen molar-refractivity contribution in [3.8, 4) is 0 Å². The lowest BCUT2D eigenvalue weighted by molar-refractivity contribution is -0.384. The molecular weight excluding hydrogens is 250 g/mol. The van der Waals surface area contributed by atoms with Crippen LogP contribution in [-0.4, -0.2) is 20.0 Å². The molecule has 8 nitrogen and oxygen atoms in total. The first-order chi connectivity index (χ1) is 9.11. The van der Waals surface area contributed by atoms with E-state index in [4.69, 9.17) is 4.52 Å². The molecule has 1 atom stereocenters. The number of nitro groups is 1. The van der Waals surface area contributed by atoms with Gasteiger partial charge in [0.15, 0.2) is 5.82 Å². The predicted octanol–water partition coefficient (Wildman–Crippen LogP) is 2.24. The van der Waals surface area contributed by atoms with Crippen LogP contribution in [0, 0.1) is 17.0 Å². The third-order valence-electron chi connectivity index (χ3n) is 2.56. The molecule has 0 bridgehead atoms. The minimum Gasteiger partial charge on any atom is -0.354 e. The van der Waals surface area contributed by atoms with E-state index in [1.54, 1.807) is 6.92 Å². The zero-order valence-corrected chi connectivity index (χ0v) is 10.5. The van der Waals surface area contributed by atoms with Gasteiger partial charge in [-0.2, -0.15) is 4.98 Å². The number of hydrogen-bond acceptors (Lipinski definition) is 7. The lowest BCUT2D eigenvalue weighted by Gasteiger charge is -2.13. The highest BCUT2D eigenvalue weighted by Crippen LogP contribution is 2.26. The maximum Gasteiger partial charge on any atom is 0.311 e. The molecule has 0 aliphatic heterocycles. The number of rotatable bonds is 5. The Balaban J connectivity index is 2.26. The van der Waals surface area contributed by atoms with Gasteiger partial charge in [0.2, 0.25) is 11.7 Å². The highest BCUT2D eigenvalue weighted by Gasteiger charge is 2.21. The van der Waals surface area contributed by atoms with Crippen molar-refractivity contribution < 1.29 is 9.45 Å². The summed E-state index contributed by atoms with van der Waals surface area (Å²) in [6.45, 7) is 3.60. The topological polar surface area (TPSA) is 107 Å². The van der Waals surface area contributed by atoms with Crippen molar-refractivity contribution in [2.24, 2.45) is 0 Å². The maximum atomic E-state index is 10.9. The summed E-state index contributed by atoms with van der Waals surface area (Å²) in [5.74, 6) is 1.10. The van der Waals surface area contributed by atoms with Gasteiger partial charge in [-0.05, 0) is 12.5 Å². The molecule has 2 aromatic rings. The van der Waals surface area contributed by atoms with Gasteiger partial charge in [-0.15, -0.1) is 0 Å². The fourth-order valence-corrected chi connectivity index (χ4v) is 1.63. The first-order valence-electron chi connectivity index (χ1n) is 5.78. The van der Waals surface area contributed by atoms with Crippen LogP contribution in [0.25, 0.3) is 0 Å². The van der Waals surface area contributed by atoms with Gasteiger partial charge in [0.1, 0.15) is 0 Å². The van der Waals surface area contributed by atoms with Gasteiger partial charge >= 0.3 is 5.69 Å². The van der Waals surface area contributed by atoms with Gasteiger partial charge in [0.05, 0.1) is 11.0 Å². The summed E-state index contributed by atoms with van der Waals surface area (Å²) in [5, 5.41) is 17.7. The van der Waals surface area contributed by atoms with E-state index in [-0.39, 0.29) is 17.5 Å². The number of anilines is 1. The van der Waals surface area contributed by atoms with Crippen molar-refractivity contribution in [1.82, 2.24) is 15.1 Å². The first kappa shape index (κ1) is 12.9. The largest absolute Gasteiger partial charge is 0.354 e. The molecule has 0 aliphatic rings. The number of aromatic nitrogens is 3. The Hall–Kier alpha value is -2.51. The van der Waals surface area contributed by atoms with Gasteiger partial charge in [-0.25, -0.2) is 4.98 Å². The Morgan fingerprint density at radius 3 is 2.95 bits per heavy atom. The van der Waals surface area contributed by atoms with Crippen LogP contribution in [0.4, 0.5) is 11.5 Å². The molecule has 0 radical (unpaired) electrons. The molecule has 0 spiro atoms. The monoisotopic (exact) mass is 263 g/mol. The van der Waals surface area contributed by atoms with E-state index < -0.39 is 4.92 Å². The molecule has 100 valence electrons. The van der Waals surface area contributed by atoms with Gasteiger partial charge in [-0.3, -0.25) is 10.1 Å². The predicted molar refractivity (Wildman–Crippen MR) is 66.6 cm³/mol. The summed E-state index contributed by atoms with van der Waals surface area (Å²) in [7, 11) is 0. The minimum absolute atomic E-state index is 0.0823. The Bertz CT molecular complexity index is 583. The molecule has 0 amide bonds. The number of pyridine rings is 1. The molecule has 19 heavy (non-hydrogen) atoms. The van der Waals surface area contributed by atoms with Crippen molar-refractivity contribution in [3.05, 3.63) is 40.2 Å². The van der Waals surface area contributed by atoms with Crippen LogP contribution in [0.3, 0.4) is 0 Å². The molecule has 0 fully saturated rings. The van der Waals surface area contributed by atoms with E-state index in [0.29, 0.717) is 18.1 Å². The summed E-state index contributed by atoms with van der Waals surface area (Å²) < 4.78 is 4.91. The highest BCUT2D eigenvalue weighted by molar-refractivity contribution is 5.55. The molecule has 1 N–H and O–H groups in total. The fraction of sp³-hybridized carbons (Fsp3) is 0.364. The summed E-state index contributed by atoms with van der Waals surface area (Å²) in [6, 6.07) is 2.62. The van der Waals surface area contributed by atoms with Crippen LogP contribution in [0.5, 0.6) is 0 Å². The minimum atomic E-state index is -0.483. The quantitative estimate of drug-likeness (QED) is 0.651.